The number of hydrogen-bond acceptors (Lipinski definition) is 1. The van der Waals surface area contributed by atoms with Crippen molar-refractivity contribution >= 4 is 5.78 Å². The van der Waals surface area contributed by atoms with Crippen molar-refractivity contribution in [3.05, 3.63) is 35.4 Å². The largest absolute Gasteiger partial charge is 0.416 e. The summed E-state index contributed by atoms with van der Waals surface area (Å²) < 4.78 is 38.6. The van der Waals surface area contributed by atoms with Gasteiger partial charge in [-0.15, -0.1) is 0 Å². The van der Waals surface area contributed by atoms with Crippen molar-refractivity contribution in [1.29, 1.82) is 0 Å². The molecule has 0 bridgehead atoms. The van der Waals surface area contributed by atoms with Gasteiger partial charge < -0.3 is 0 Å². The van der Waals surface area contributed by atoms with Crippen LogP contribution in [0.15, 0.2) is 24.3 Å². The van der Waals surface area contributed by atoms with Crippen LogP contribution in [0.5, 0.6) is 0 Å². The molecule has 0 radical (unpaired) electrons. The van der Waals surface area contributed by atoms with Gasteiger partial charge in [0, 0.05) is 12.3 Å². The Balaban J connectivity index is 2.33. The fourth-order valence-corrected chi connectivity index (χ4v) is 3.26. The van der Waals surface area contributed by atoms with Gasteiger partial charge in [0.1, 0.15) is 5.78 Å². The summed E-state index contributed by atoms with van der Waals surface area (Å²) in [6.07, 6.45) is -2.10. The minimum absolute atomic E-state index is 0.177. The molecular formula is C17H21F3O. The number of Topliss-reactive ketones (excluding diaryl/α,β-unsaturated/α-hetero) is 1. The summed E-state index contributed by atoms with van der Waals surface area (Å²) >= 11 is 0. The lowest BCUT2D eigenvalue weighted by atomic mass is 9.65. The Bertz CT molecular complexity index is 531. The lowest BCUT2D eigenvalue weighted by molar-refractivity contribution is -0.137. The van der Waals surface area contributed by atoms with Crippen molar-refractivity contribution in [3.63, 3.8) is 0 Å². The predicted molar refractivity (Wildman–Crippen MR) is 76.0 cm³/mol. The highest BCUT2D eigenvalue weighted by Crippen LogP contribution is 2.41. The van der Waals surface area contributed by atoms with E-state index >= 15 is 0 Å². The van der Waals surface area contributed by atoms with Gasteiger partial charge in [-0.3, -0.25) is 4.79 Å². The Morgan fingerprint density at radius 2 is 1.71 bits per heavy atom. The summed E-state index contributed by atoms with van der Waals surface area (Å²) in [6.45, 7) is 5.80. The van der Waals surface area contributed by atoms with Gasteiger partial charge in [-0.25, -0.2) is 0 Å². The zero-order chi connectivity index (χ0) is 15.8. The van der Waals surface area contributed by atoms with Crippen LogP contribution in [0.4, 0.5) is 13.2 Å². The molecule has 1 saturated carbocycles. The molecule has 1 fully saturated rings. The summed E-state index contributed by atoms with van der Waals surface area (Å²) in [7, 11) is 0. The quantitative estimate of drug-likeness (QED) is 0.752. The topological polar surface area (TPSA) is 17.1 Å². The summed E-state index contributed by atoms with van der Waals surface area (Å²) in [4.78, 5) is 12.3. The SMILES string of the molecule is CC1CCC(C(C)(C)c2cccc(C(F)(F)F)c2)C(=O)C1. The third-order valence-electron chi connectivity index (χ3n) is 4.69. The van der Waals surface area contributed by atoms with Crippen molar-refractivity contribution in [2.45, 2.75) is 51.6 Å². The molecule has 21 heavy (non-hydrogen) atoms. The fourth-order valence-electron chi connectivity index (χ4n) is 3.26. The molecule has 1 aromatic carbocycles. The molecule has 1 aliphatic carbocycles. The van der Waals surface area contributed by atoms with Gasteiger partial charge in [-0.2, -0.15) is 13.2 Å². The summed E-state index contributed by atoms with van der Waals surface area (Å²) in [5.41, 5.74) is -0.631. The van der Waals surface area contributed by atoms with Crippen LogP contribution in [-0.2, 0) is 16.4 Å². The Morgan fingerprint density at radius 1 is 1.10 bits per heavy atom. The maximum Gasteiger partial charge on any atom is 0.416 e. The van der Waals surface area contributed by atoms with E-state index in [-0.39, 0.29) is 11.7 Å². The smallest absolute Gasteiger partial charge is 0.299 e. The Morgan fingerprint density at radius 3 is 2.29 bits per heavy atom. The standard InChI is InChI=1S/C17H21F3O/c1-11-7-8-14(15(21)9-11)16(2,3)12-5-4-6-13(10-12)17(18,19)20/h4-6,10-11,14H,7-9H2,1-3H3. The zero-order valence-corrected chi connectivity index (χ0v) is 12.6. The molecule has 2 unspecified atom stereocenters. The van der Waals surface area contributed by atoms with E-state index in [1.165, 1.54) is 12.1 Å². The van der Waals surface area contributed by atoms with E-state index in [1.807, 2.05) is 20.8 Å². The number of benzene rings is 1. The molecule has 0 aromatic heterocycles. The zero-order valence-electron chi connectivity index (χ0n) is 12.6. The molecule has 1 nitrogen and oxygen atoms in total. The molecule has 0 spiro atoms. The Labute approximate surface area is 123 Å². The molecule has 2 atom stereocenters. The first-order valence-corrected chi connectivity index (χ1v) is 7.33. The van der Waals surface area contributed by atoms with E-state index < -0.39 is 17.2 Å². The van der Waals surface area contributed by atoms with Gasteiger partial charge in [0.05, 0.1) is 5.56 Å². The van der Waals surface area contributed by atoms with Crippen molar-refractivity contribution in [3.8, 4) is 0 Å². The maximum absolute atomic E-state index is 12.9. The molecule has 4 heteroatoms. The van der Waals surface area contributed by atoms with Gasteiger partial charge in [0.2, 0.25) is 0 Å². The van der Waals surface area contributed by atoms with Crippen LogP contribution in [0.1, 0.15) is 51.2 Å². The minimum Gasteiger partial charge on any atom is -0.299 e. The molecular weight excluding hydrogens is 277 g/mol. The Kier molecular flexibility index (Phi) is 4.18. The van der Waals surface area contributed by atoms with E-state index in [9.17, 15) is 18.0 Å². The predicted octanol–water partition coefficient (Wildman–Crippen LogP) is 4.99. The van der Waals surface area contributed by atoms with Crippen LogP contribution >= 0.6 is 0 Å². The van der Waals surface area contributed by atoms with E-state index in [1.54, 1.807) is 6.07 Å². The highest BCUT2D eigenvalue weighted by atomic mass is 19.4. The normalized spacial score (nSPS) is 24.2. The van der Waals surface area contributed by atoms with Crippen molar-refractivity contribution in [1.82, 2.24) is 0 Å². The third-order valence-corrected chi connectivity index (χ3v) is 4.69. The average molecular weight is 298 g/mol. The first-order chi connectivity index (χ1) is 9.62. The van der Waals surface area contributed by atoms with Crippen LogP contribution in [0.25, 0.3) is 0 Å². The van der Waals surface area contributed by atoms with Crippen LogP contribution in [0, 0.1) is 11.8 Å². The lowest BCUT2D eigenvalue weighted by Crippen LogP contribution is -2.38. The number of ketones is 1. The van der Waals surface area contributed by atoms with Crippen LogP contribution in [0.3, 0.4) is 0 Å². The molecule has 0 saturated heterocycles. The number of hydrogen-bond donors (Lipinski definition) is 0. The molecule has 0 heterocycles. The second-order valence-electron chi connectivity index (χ2n) is 6.71. The molecule has 1 aromatic rings. The average Bonchev–Trinajstić information content (AvgIpc) is 2.37. The fraction of sp³-hybridized carbons (Fsp3) is 0.588. The molecule has 1 aliphatic rings. The van der Waals surface area contributed by atoms with E-state index in [0.717, 1.165) is 18.9 Å². The van der Waals surface area contributed by atoms with Crippen LogP contribution in [0.2, 0.25) is 0 Å². The van der Waals surface area contributed by atoms with Crippen molar-refractivity contribution < 1.29 is 18.0 Å². The number of rotatable bonds is 2. The molecule has 116 valence electrons. The molecule has 0 aliphatic heterocycles. The van der Waals surface area contributed by atoms with E-state index in [4.69, 9.17) is 0 Å². The first kappa shape index (κ1) is 16.1. The molecule has 0 N–H and O–H groups in total. The minimum atomic E-state index is -4.35. The monoisotopic (exact) mass is 298 g/mol. The number of carbonyl (C=O) groups excluding carboxylic acids is 1. The van der Waals surface area contributed by atoms with Crippen LogP contribution < -0.4 is 0 Å². The second-order valence-corrected chi connectivity index (χ2v) is 6.71. The van der Waals surface area contributed by atoms with E-state index in [0.29, 0.717) is 17.9 Å². The van der Waals surface area contributed by atoms with Crippen molar-refractivity contribution in [2.75, 3.05) is 0 Å². The number of halogens is 3. The van der Waals surface area contributed by atoms with Gasteiger partial charge in [0.15, 0.2) is 0 Å². The maximum atomic E-state index is 12.9. The molecule has 2 rings (SSSR count). The van der Waals surface area contributed by atoms with Gasteiger partial charge in [-0.1, -0.05) is 39.0 Å². The molecule has 0 amide bonds. The number of alkyl halides is 3. The second kappa shape index (κ2) is 5.47. The highest BCUT2D eigenvalue weighted by Gasteiger charge is 2.40. The van der Waals surface area contributed by atoms with Gasteiger partial charge in [0.25, 0.3) is 0 Å². The van der Waals surface area contributed by atoms with Crippen LogP contribution in [-0.4, -0.2) is 5.78 Å². The third kappa shape index (κ3) is 3.30. The van der Waals surface area contributed by atoms with Gasteiger partial charge >= 0.3 is 6.18 Å². The first-order valence-electron chi connectivity index (χ1n) is 7.33. The summed E-state index contributed by atoms with van der Waals surface area (Å²) in [5, 5.41) is 0. The Hall–Kier alpha value is -1.32. The summed E-state index contributed by atoms with van der Waals surface area (Å²) in [6, 6.07) is 5.38. The number of carbonyl (C=O) groups is 1. The van der Waals surface area contributed by atoms with E-state index in [2.05, 4.69) is 0 Å². The van der Waals surface area contributed by atoms with Crippen molar-refractivity contribution in [2.24, 2.45) is 11.8 Å². The lowest BCUT2D eigenvalue weighted by Gasteiger charge is -2.38. The summed E-state index contributed by atoms with van der Waals surface area (Å²) in [5.74, 6) is 0.361. The van der Waals surface area contributed by atoms with Gasteiger partial charge in [-0.05, 0) is 35.8 Å². The highest BCUT2D eigenvalue weighted by molar-refractivity contribution is 5.83.